The quantitative estimate of drug-likeness (QED) is 0.924. The van der Waals surface area contributed by atoms with E-state index in [-0.39, 0.29) is 11.6 Å². The number of hydrogen-bond donors (Lipinski definition) is 1. The number of carbonyl (C=O) groups excluding carboxylic acids is 1. The topological polar surface area (TPSA) is 78.7 Å². The van der Waals surface area contributed by atoms with Crippen LogP contribution in [0.2, 0.25) is 0 Å². The molecule has 3 rings (SSSR count). The molecule has 0 aliphatic heterocycles. The van der Waals surface area contributed by atoms with Gasteiger partial charge in [-0.2, -0.15) is 5.26 Å². The van der Waals surface area contributed by atoms with Crippen molar-refractivity contribution in [1.29, 1.82) is 5.26 Å². The standard InChI is InChI=1S/C15H14N4OS/c1-9-2-3-10-11(7-16)15(21-13(10)6-9)19-14(20)12-8-17-4-5-18-12/h4-5,8-9H,2-3,6H2,1H3,(H,19,20)/t9-/m1/s1. The third kappa shape index (κ3) is 2.65. The third-order valence-corrected chi connectivity index (χ3v) is 4.82. The Morgan fingerprint density at radius 1 is 1.52 bits per heavy atom. The first kappa shape index (κ1) is 13.7. The molecule has 6 heteroatoms. The lowest BCUT2D eigenvalue weighted by Crippen LogP contribution is -2.13. The maximum absolute atomic E-state index is 12.1. The average molecular weight is 298 g/mol. The van der Waals surface area contributed by atoms with Gasteiger partial charge < -0.3 is 5.32 Å². The number of rotatable bonds is 2. The summed E-state index contributed by atoms with van der Waals surface area (Å²) < 4.78 is 0. The van der Waals surface area contributed by atoms with Gasteiger partial charge in [-0.3, -0.25) is 9.78 Å². The predicted molar refractivity (Wildman–Crippen MR) is 80.2 cm³/mol. The zero-order valence-electron chi connectivity index (χ0n) is 11.6. The summed E-state index contributed by atoms with van der Waals surface area (Å²) in [5.41, 5.74) is 1.97. The van der Waals surface area contributed by atoms with E-state index in [9.17, 15) is 10.1 Å². The van der Waals surface area contributed by atoms with Crippen molar-refractivity contribution >= 4 is 22.2 Å². The van der Waals surface area contributed by atoms with Crippen LogP contribution in [-0.4, -0.2) is 15.9 Å². The maximum atomic E-state index is 12.1. The summed E-state index contributed by atoms with van der Waals surface area (Å²) in [4.78, 5) is 21.2. The van der Waals surface area contributed by atoms with Crippen LogP contribution in [-0.2, 0) is 12.8 Å². The van der Waals surface area contributed by atoms with Crippen LogP contribution in [0.15, 0.2) is 18.6 Å². The van der Waals surface area contributed by atoms with Crippen LogP contribution in [0.4, 0.5) is 5.00 Å². The summed E-state index contributed by atoms with van der Waals surface area (Å²) >= 11 is 1.51. The lowest BCUT2D eigenvalue weighted by atomic mass is 9.89. The number of carbonyl (C=O) groups is 1. The molecule has 106 valence electrons. The Bertz CT molecular complexity index is 717. The molecule has 2 heterocycles. The molecule has 0 bridgehead atoms. The summed E-state index contributed by atoms with van der Waals surface area (Å²) in [6.07, 6.45) is 7.39. The van der Waals surface area contributed by atoms with Gasteiger partial charge in [0, 0.05) is 17.3 Å². The second-order valence-corrected chi connectivity index (χ2v) is 6.32. The van der Waals surface area contributed by atoms with Gasteiger partial charge in [-0.25, -0.2) is 4.98 Å². The highest BCUT2D eigenvalue weighted by atomic mass is 32.1. The normalized spacial score (nSPS) is 16.9. The van der Waals surface area contributed by atoms with E-state index in [0.29, 0.717) is 16.5 Å². The first-order valence-corrected chi connectivity index (χ1v) is 7.62. The Hall–Kier alpha value is -2.26. The van der Waals surface area contributed by atoms with Crippen LogP contribution in [0, 0.1) is 17.2 Å². The molecule has 0 saturated carbocycles. The second-order valence-electron chi connectivity index (χ2n) is 5.21. The van der Waals surface area contributed by atoms with Crippen molar-refractivity contribution in [1.82, 2.24) is 9.97 Å². The fraction of sp³-hybridized carbons (Fsp3) is 0.333. The molecule has 1 atom stereocenters. The number of amides is 1. The lowest BCUT2D eigenvalue weighted by molar-refractivity contribution is 0.102. The van der Waals surface area contributed by atoms with Crippen LogP contribution in [0.25, 0.3) is 0 Å². The fourth-order valence-corrected chi connectivity index (χ4v) is 3.90. The SMILES string of the molecule is C[C@@H]1CCc2c(sc(NC(=O)c3cnccn3)c2C#N)C1. The molecule has 2 aromatic heterocycles. The van der Waals surface area contributed by atoms with Crippen LogP contribution in [0.3, 0.4) is 0 Å². The highest BCUT2D eigenvalue weighted by Gasteiger charge is 2.25. The molecule has 0 spiro atoms. The molecule has 1 aliphatic carbocycles. The van der Waals surface area contributed by atoms with Crippen molar-refractivity contribution in [3.8, 4) is 6.07 Å². The fourth-order valence-electron chi connectivity index (χ4n) is 2.54. The van der Waals surface area contributed by atoms with E-state index < -0.39 is 0 Å². The molecule has 1 amide bonds. The van der Waals surface area contributed by atoms with Crippen molar-refractivity contribution in [2.24, 2.45) is 5.92 Å². The Morgan fingerprint density at radius 3 is 3.10 bits per heavy atom. The summed E-state index contributed by atoms with van der Waals surface area (Å²) in [6, 6.07) is 2.24. The van der Waals surface area contributed by atoms with E-state index in [2.05, 4.69) is 28.3 Å². The average Bonchev–Trinajstić information content (AvgIpc) is 2.84. The Morgan fingerprint density at radius 2 is 2.38 bits per heavy atom. The monoisotopic (exact) mass is 298 g/mol. The second kappa shape index (κ2) is 5.62. The lowest BCUT2D eigenvalue weighted by Gasteiger charge is -2.17. The number of nitriles is 1. The van der Waals surface area contributed by atoms with Gasteiger partial charge in [0.15, 0.2) is 0 Å². The van der Waals surface area contributed by atoms with Gasteiger partial charge in [-0.15, -0.1) is 11.3 Å². The summed E-state index contributed by atoms with van der Waals surface area (Å²) in [5, 5.41) is 12.8. The molecule has 2 aromatic rings. The number of aromatic nitrogens is 2. The Kier molecular flexibility index (Phi) is 3.67. The molecular formula is C15H14N4OS. The van der Waals surface area contributed by atoms with Gasteiger partial charge in [0.1, 0.15) is 16.8 Å². The molecule has 0 saturated heterocycles. The Labute approximate surface area is 126 Å². The molecule has 0 radical (unpaired) electrons. The molecule has 0 unspecified atom stereocenters. The van der Waals surface area contributed by atoms with E-state index in [0.717, 1.165) is 24.8 Å². The van der Waals surface area contributed by atoms with Gasteiger partial charge in [0.25, 0.3) is 5.91 Å². The smallest absolute Gasteiger partial charge is 0.276 e. The van der Waals surface area contributed by atoms with E-state index in [1.807, 2.05) is 0 Å². The van der Waals surface area contributed by atoms with Crippen LogP contribution in [0.1, 0.15) is 39.8 Å². The van der Waals surface area contributed by atoms with E-state index in [1.165, 1.54) is 34.8 Å². The zero-order valence-corrected chi connectivity index (χ0v) is 12.4. The minimum absolute atomic E-state index is 0.251. The molecular weight excluding hydrogens is 284 g/mol. The van der Waals surface area contributed by atoms with Crippen LogP contribution < -0.4 is 5.32 Å². The first-order valence-electron chi connectivity index (χ1n) is 6.81. The summed E-state index contributed by atoms with van der Waals surface area (Å²) in [7, 11) is 0. The van der Waals surface area contributed by atoms with Crippen LogP contribution >= 0.6 is 11.3 Å². The minimum Gasteiger partial charge on any atom is -0.311 e. The highest BCUT2D eigenvalue weighted by molar-refractivity contribution is 7.16. The van der Waals surface area contributed by atoms with Crippen molar-refractivity contribution < 1.29 is 4.79 Å². The number of anilines is 1. The molecule has 21 heavy (non-hydrogen) atoms. The first-order chi connectivity index (χ1) is 10.2. The predicted octanol–water partition coefficient (Wildman–Crippen LogP) is 2.79. The minimum atomic E-state index is -0.328. The van der Waals surface area contributed by atoms with E-state index in [4.69, 9.17) is 0 Å². The van der Waals surface area contributed by atoms with Crippen LogP contribution in [0.5, 0.6) is 0 Å². The maximum Gasteiger partial charge on any atom is 0.276 e. The number of fused-ring (bicyclic) bond motifs is 1. The van der Waals surface area contributed by atoms with E-state index >= 15 is 0 Å². The van der Waals surface area contributed by atoms with E-state index in [1.54, 1.807) is 0 Å². The largest absolute Gasteiger partial charge is 0.311 e. The number of hydrogen-bond acceptors (Lipinski definition) is 5. The van der Waals surface area contributed by atoms with Gasteiger partial charge in [0.05, 0.1) is 11.8 Å². The molecule has 0 fully saturated rings. The Balaban J connectivity index is 1.90. The van der Waals surface area contributed by atoms with Gasteiger partial charge >= 0.3 is 0 Å². The third-order valence-electron chi connectivity index (χ3n) is 3.65. The highest BCUT2D eigenvalue weighted by Crippen LogP contribution is 2.39. The van der Waals surface area contributed by atoms with Gasteiger partial charge in [-0.1, -0.05) is 6.92 Å². The van der Waals surface area contributed by atoms with Crippen molar-refractivity contribution in [2.45, 2.75) is 26.2 Å². The van der Waals surface area contributed by atoms with Gasteiger partial charge in [0.2, 0.25) is 0 Å². The van der Waals surface area contributed by atoms with Crippen molar-refractivity contribution in [2.75, 3.05) is 5.32 Å². The van der Waals surface area contributed by atoms with Crippen molar-refractivity contribution in [3.05, 3.63) is 40.3 Å². The zero-order chi connectivity index (χ0) is 14.8. The molecule has 1 N–H and O–H groups in total. The number of nitrogens with one attached hydrogen (secondary N) is 1. The summed E-state index contributed by atoms with van der Waals surface area (Å²) in [5.74, 6) is 0.303. The molecule has 5 nitrogen and oxygen atoms in total. The molecule has 1 aliphatic rings. The van der Waals surface area contributed by atoms with Gasteiger partial charge in [-0.05, 0) is 30.7 Å². The number of nitrogens with zero attached hydrogens (tertiary/aromatic N) is 3. The molecule has 0 aromatic carbocycles. The number of thiophene rings is 1. The summed E-state index contributed by atoms with van der Waals surface area (Å²) in [6.45, 7) is 2.21. The van der Waals surface area contributed by atoms with Crippen molar-refractivity contribution in [3.63, 3.8) is 0 Å².